The van der Waals surface area contributed by atoms with E-state index in [1.807, 2.05) is 6.92 Å². The zero-order valence-corrected chi connectivity index (χ0v) is 20.9. The van der Waals surface area contributed by atoms with Crippen LogP contribution in [-0.2, 0) is 4.79 Å². The lowest BCUT2D eigenvalue weighted by atomic mass is 10.2. The first kappa shape index (κ1) is 27.7. The van der Waals surface area contributed by atoms with E-state index in [9.17, 15) is 19.7 Å². The minimum atomic E-state index is -0.547. The maximum absolute atomic E-state index is 12.6. The second-order valence-corrected chi connectivity index (χ2v) is 7.73. The number of carbonyl (C=O) groups is 2. The number of hydrogen-bond acceptors (Lipinski definition) is 9. The summed E-state index contributed by atoms with van der Waals surface area (Å²) in [5, 5.41) is 14.6. The van der Waals surface area contributed by atoms with Gasteiger partial charge in [-0.3, -0.25) is 14.9 Å². The lowest BCUT2D eigenvalue weighted by Crippen LogP contribution is -2.24. The van der Waals surface area contributed by atoms with Crippen molar-refractivity contribution in [2.75, 3.05) is 19.8 Å². The van der Waals surface area contributed by atoms with Gasteiger partial charge in [0.05, 0.1) is 29.9 Å². The van der Waals surface area contributed by atoms with Gasteiger partial charge in [-0.15, -0.1) is 0 Å². The van der Waals surface area contributed by atoms with E-state index in [0.717, 1.165) is 6.42 Å². The summed E-state index contributed by atoms with van der Waals surface area (Å²) in [4.78, 5) is 34.7. The van der Waals surface area contributed by atoms with Gasteiger partial charge >= 0.3 is 5.97 Å². The van der Waals surface area contributed by atoms with Crippen LogP contribution in [0, 0.1) is 10.1 Å². The number of hydrogen-bond donors (Lipinski definition) is 1. The summed E-state index contributed by atoms with van der Waals surface area (Å²) in [7, 11) is 0. The minimum absolute atomic E-state index is 0.0785. The average Bonchev–Trinajstić information content (AvgIpc) is 2.92. The maximum atomic E-state index is 12.6. The van der Waals surface area contributed by atoms with Gasteiger partial charge < -0.3 is 18.9 Å². The topological polar surface area (TPSA) is 139 Å². The van der Waals surface area contributed by atoms with Crippen molar-refractivity contribution in [2.45, 2.75) is 20.3 Å². The molecule has 0 aliphatic rings. The zero-order chi connectivity index (χ0) is 27.3. The SMILES string of the molecule is CCCOc1ccc(C(=O)Oc2ccc(/C=N/NC(=O)COc3ccc([N+](=O)[O-])cc3)cc2OCC)cc1. The molecule has 0 spiro atoms. The predicted molar refractivity (Wildman–Crippen MR) is 139 cm³/mol. The number of benzene rings is 3. The van der Waals surface area contributed by atoms with Gasteiger partial charge in [0.1, 0.15) is 11.5 Å². The van der Waals surface area contributed by atoms with E-state index in [-0.39, 0.29) is 18.0 Å². The highest BCUT2D eigenvalue weighted by atomic mass is 16.6. The lowest BCUT2D eigenvalue weighted by molar-refractivity contribution is -0.384. The summed E-state index contributed by atoms with van der Waals surface area (Å²) >= 11 is 0. The Morgan fingerprint density at radius 3 is 2.26 bits per heavy atom. The number of ether oxygens (including phenoxy) is 4. The molecule has 3 rings (SSSR count). The van der Waals surface area contributed by atoms with E-state index in [1.54, 1.807) is 49.4 Å². The Kier molecular flexibility index (Phi) is 10.2. The van der Waals surface area contributed by atoms with Crippen LogP contribution in [0.4, 0.5) is 5.69 Å². The van der Waals surface area contributed by atoms with Gasteiger partial charge in [-0.25, -0.2) is 10.2 Å². The molecule has 3 aromatic rings. The van der Waals surface area contributed by atoms with Crippen LogP contribution in [0.3, 0.4) is 0 Å². The standard InChI is InChI=1S/C27H27N3O8/c1-3-15-36-22-10-6-20(7-11-22)27(32)38-24-14-5-19(16-25(24)35-4-2)17-28-29-26(31)18-37-23-12-8-21(9-13-23)30(33)34/h5-14,16-17H,3-4,15,18H2,1-2H3,(H,29,31)/b28-17+. The third-order valence-electron chi connectivity index (χ3n) is 4.85. The van der Waals surface area contributed by atoms with Crippen molar-refractivity contribution >= 4 is 23.8 Å². The fourth-order valence-electron chi connectivity index (χ4n) is 3.05. The first-order valence-electron chi connectivity index (χ1n) is 11.8. The summed E-state index contributed by atoms with van der Waals surface area (Å²) in [6.07, 6.45) is 2.28. The smallest absolute Gasteiger partial charge is 0.343 e. The van der Waals surface area contributed by atoms with Crippen LogP contribution in [0.1, 0.15) is 36.2 Å². The second-order valence-electron chi connectivity index (χ2n) is 7.73. The molecule has 11 nitrogen and oxygen atoms in total. The van der Waals surface area contributed by atoms with E-state index in [4.69, 9.17) is 18.9 Å². The molecule has 0 fully saturated rings. The van der Waals surface area contributed by atoms with Crippen molar-refractivity contribution < 1.29 is 33.5 Å². The van der Waals surface area contributed by atoms with E-state index < -0.39 is 16.8 Å². The molecule has 0 saturated heterocycles. The van der Waals surface area contributed by atoms with Gasteiger partial charge in [-0.05, 0) is 73.5 Å². The monoisotopic (exact) mass is 521 g/mol. The number of nitrogens with one attached hydrogen (secondary N) is 1. The van der Waals surface area contributed by atoms with Crippen LogP contribution in [-0.4, -0.2) is 42.8 Å². The Bertz CT molecular complexity index is 1270. The molecule has 0 heterocycles. The highest BCUT2D eigenvalue weighted by Crippen LogP contribution is 2.29. The Morgan fingerprint density at radius 1 is 0.921 bits per heavy atom. The van der Waals surface area contributed by atoms with Crippen molar-refractivity contribution in [3.8, 4) is 23.0 Å². The Balaban J connectivity index is 1.56. The molecule has 0 bridgehead atoms. The number of nitro benzene ring substituents is 1. The van der Waals surface area contributed by atoms with Crippen LogP contribution in [0.2, 0.25) is 0 Å². The van der Waals surface area contributed by atoms with Crippen molar-refractivity contribution in [1.82, 2.24) is 5.43 Å². The Morgan fingerprint density at radius 2 is 1.61 bits per heavy atom. The summed E-state index contributed by atoms with van der Waals surface area (Å²) in [5.41, 5.74) is 3.20. The summed E-state index contributed by atoms with van der Waals surface area (Å²) in [5.74, 6) is 0.478. The molecule has 3 aromatic carbocycles. The van der Waals surface area contributed by atoms with Gasteiger partial charge in [0.15, 0.2) is 18.1 Å². The molecular formula is C27H27N3O8. The highest BCUT2D eigenvalue weighted by Gasteiger charge is 2.14. The number of carbonyl (C=O) groups excluding carboxylic acids is 2. The zero-order valence-electron chi connectivity index (χ0n) is 20.9. The summed E-state index contributed by atoms with van der Waals surface area (Å²) in [6, 6.07) is 16.9. The van der Waals surface area contributed by atoms with Crippen molar-refractivity contribution in [2.24, 2.45) is 5.10 Å². The number of rotatable bonds is 13. The average molecular weight is 522 g/mol. The van der Waals surface area contributed by atoms with Gasteiger partial charge in [0.25, 0.3) is 11.6 Å². The van der Waals surface area contributed by atoms with Crippen LogP contribution >= 0.6 is 0 Å². The molecule has 0 unspecified atom stereocenters. The molecule has 1 N–H and O–H groups in total. The Hall–Kier alpha value is -4.93. The molecule has 1 amide bonds. The molecule has 0 saturated carbocycles. The number of amides is 1. The quantitative estimate of drug-likeness (QED) is 0.114. The first-order chi connectivity index (χ1) is 18.4. The number of hydrazone groups is 1. The first-order valence-corrected chi connectivity index (χ1v) is 11.8. The van der Waals surface area contributed by atoms with Crippen molar-refractivity contribution in [3.63, 3.8) is 0 Å². The normalized spacial score (nSPS) is 10.6. The fourth-order valence-corrected chi connectivity index (χ4v) is 3.05. The number of esters is 1. The molecule has 0 radical (unpaired) electrons. The molecule has 0 aromatic heterocycles. The summed E-state index contributed by atoms with van der Waals surface area (Å²) in [6.45, 7) is 4.41. The molecule has 38 heavy (non-hydrogen) atoms. The molecule has 11 heteroatoms. The van der Waals surface area contributed by atoms with Crippen LogP contribution in [0.25, 0.3) is 0 Å². The largest absolute Gasteiger partial charge is 0.494 e. The lowest BCUT2D eigenvalue weighted by Gasteiger charge is -2.12. The number of nitro groups is 1. The van der Waals surface area contributed by atoms with Crippen molar-refractivity contribution in [1.29, 1.82) is 0 Å². The van der Waals surface area contributed by atoms with E-state index in [2.05, 4.69) is 10.5 Å². The van der Waals surface area contributed by atoms with E-state index in [1.165, 1.54) is 30.5 Å². The van der Waals surface area contributed by atoms with Gasteiger partial charge in [-0.1, -0.05) is 6.92 Å². The number of non-ortho nitro benzene ring substituents is 1. The summed E-state index contributed by atoms with van der Waals surface area (Å²) < 4.78 is 21.9. The van der Waals surface area contributed by atoms with E-state index >= 15 is 0 Å². The maximum Gasteiger partial charge on any atom is 0.343 e. The van der Waals surface area contributed by atoms with Gasteiger partial charge in [0.2, 0.25) is 0 Å². The van der Waals surface area contributed by atoms with Crippen molar-refractivity contribution in [3.05, 3.63) is 88.0 Å². The second kappa shape index (κ2) is 14.0. The molecule has 0 atom stereocenters. The van der Waals surface area contributed by atoms with E-state index in [0.29, 0.717) is 41.6 Å². The van der Waals surface area contributed by atoms with Gasteiger partial charge in [-0.2, -0.15) is 5.10 Å². The fraction of sp³-hybridized carbons (Fsp3) is 0.222. The Labute approximate surface area is 219 Å². The predicted octanol–water partition coefficient (Wildman–Crippen LogP) is 4.53. The van der Waals surface area contributed by atoms with Crippen LogP contribution in [0.15, 0.2) is 71.8 Å². The third-order valence-corrected chi connectivity index (χ3v) is 4.85. The molecular weight excluding hydrogens is 494 g/mol. The molecule has 0 aliphatic carbocycles. The molecule has 198 valence electrons. The highest BCUT2D eigenvalue weighted by molar-refractivity contribution is 5.92. The van der Waals surface area contributed by atoms with Crippen LogP contribution in [0.5, 0.6) is 23.0 Å². The van der Waals surface area contributed by atoms with Crippen LogP contribution < -0.4 is 24.4 Å². The van der Waals surface area contributed by atoms with Gasteiger partial charge in [0, 0.05) is 12.1 Å². The molecule has 0 aliphatic heterocycles. The number of nitrogens with zero attached hydrogens (tertiary/aromatic N) is 2. The minimum Gasteiger partial charge on any atom is -0.494 e. The third kappa shape index (κ3) is 8.33.